The van der Waals surface area contributed by atoms with E-state index in [4.69, 9.17) is 10.5 Å². The first kappa shape index (κ1) is 16.4. The van der Waals surface area contributed by atoms with Crippen LogP contribution in [0.25, 0.3) is 5.82 Å². The molecule has 3 N–H and O–H groups in total. The molecule has 1 fully saturated rings. The number of halogens is 2. The van der Waals surface area contributed by atoms with Crippen molar-refractivity contribution in [3.05, 3.63) is 60.2 Å². The van der Waals surface area contributed by atoms with E-state index >= 15 is 0 Å². The highest BCUT2D eigenvalue weighted by Gasteiger charge is 2.31. The van der Waals surface area contributed by atoms with E-state index in [9.17, 15) is 8.78 Å². The van der Waals surface area contributed by atoms with Crippen LogP contribution in [0.15, 0.2) is 43.0 Å². The summed E-state index contributed by atoms with van der Waals surface area (Å²) in [5, 5.41) is 7.35. The number of nitrogens with one attached hydrogen (secondary N) is 1. The minimum Gasteiger partial charge on any atom is -0.393 e. The van der Waals surface area contributed by atoms with Gasteiger partial charge in [0.2, 0.25) is 0 Å². The minimum absolute atomic E-state index is 0.192. The summed E-state index contributed by atoms with van der Waals surface area (Å²) in [7, 11) is 0. The summed E-state index contributed by atoms with van der Waals surface area (Å²) < 4.78 is 34.0. The van der Waals surface area contributed by atoms with E-state index in [1.54, 1.807) is 23.1 Å². The average molecular weight is 358 g/mol. The van der Waals surface area contributed by atoms with Gasteiger partial charge >= 0.3 is 0 Å². The van der Waals surface area contributed by atoms with E-state index < -0.39 is 17.7 Å². The number of benzene rings is 1. The van der Waals surface area contributed by atoms with Crippen molar-refractivity contribution in [3.8, 4) is 5.82 Å². The number of anilines is 2. The van der Waals surface area contributed by atoms with E-state index in [-0.39, 0.29) is 6.04 Å². The predicted octanol–water partition coefficient (Wildman–Crippen LogP) is 2.46. The van der Waals surface area contributed by atoms with E-state index in [2.05, 4.69) is 20.4 Å². The van der Waals surface area contributed by atoms with Crippen LogP contribution in [0.1, 0.15) is 18.1 Å². The Balaban J connectivity index is 1.60. The first-order chi connectivity index (χ1) is 12.6. The summed E-state index contributed by atoms with van der Waals surface area (Å²) >= 11 is 0. The maximum Gasteiger partial charge on any atom is 0.181 e. The third-order valence-corrected chi connectivity index (χ3v) is 4.27. The Hall–Kier alpha value is -3.07. The van der Waals surface area contributed by atoms with Gasteiger partial charge in [-0.1, -0.05) is 6.07 Å². The molecular formula is C17H16F2N6O. The number of hydrogen-bond acceptors (Lipinski definition) is 6. The molecular weight excluding hydrogens is 342 g/mol. The maximum absolute atomic E-state index is 13.6. The highest BCUT2D eigenvalue weighted by atomic mass is 19.2. The van der Waals surface area contributed by atoms with Gasteiger partial charge in [0.25, 0.3) is 0 Å². The molecule has 0 aliphatic carbocycles. The molecule has 0 saturated carbocycles. The monoisotopic (exact) mass is 358 g/mol. The molecule has 4 rings (SSSR count). The van der Waals surface area contributed by atoms with Gasteiger partial charge in [-0.25, -0.2) is 23.4 Å². The van der Waals surface area contributed by atoms with Crippen LogP contribution < -0.4 is 11.1 Å². The van der Waals surface area contributed by atoms with Crippen molar-refractivity contribution in [2.24, 2.45) is 0 Å². The van der Waals surface area contributed by atoms with E-state index in [0.717, 1.165) is 12.1 Å². The van der Waals surface area contributed by atoms with Crippen molar-refractivity contribution in [1.29, 1.82) is 0 Å². The number of nitrogens with zero attached hydrogens (tertiary/aromatic N) is 4. The fourth-order valence-corrected chi connectivity index (χ4v) is 3.01. The van der Waals surface area contributed by atoms with Crippen LogP contribution in [-0.4, -0.2) is 32.4 Å². The van der Waals surface area contributed by atoms with Crippen LogP contribution in [0.4, 0.5) is 20.3 Å². The standard InChI is InChI=1S/C17H16F2N6O/c18-11-3-2-10(8-12(11)19)15-13(4-7-26-15)24-16-14(20)17(22-9-21-16)25-6-1-5-23-25/h1-3,5-6,8-9,13,15H,4,7,20H2,(H,21,22,24). The number of aromatic nitrogens is 4. The molecule has 0 bridgehead atoms. The Kier molecular flexibility index (Phi) is 4.21. The Labute approximate surface area is 147 Å². The Morgan fingerprint density at radius 3 is 2.88 bits per heavy atom. The van der Waals surface area contributed by atoms with Gasteiger partial charge in [0.05, 0.1) is 6.04 Å². The number of ether oxygens (including phenoxy) is 1. The molecule has 1 aromatic carbocycles. The zero-order chi connectivity index (χ0) is 18.1. The lowest BCUT2D eigenvalue weighted by atomic mass is 10.0. The molecule has 134 valence electrons. The van der Waals surface area contributed by atoms with Crippen LogP contribution in [0.2, 0.25) is 0 Å². The second-order valence-electron chi connectivity index (χ2n) is 5.91. The predicted molar refractivity (Wildman–Crippen MR) is 90.6 cm³/mol. The van der Waals surface area contributed by atoms with Gasteiger partial charge in [-0.3, -0.25) is 0 Å². The summed E-state index contributed by atoms with van der Waals surface area (Å²) in [6, 6.07) is 5.33. The largest absolute Gasteiger partial charge is 0.393 e. The van der Waals surface area contributed by atoms with Crippen molar-refractivity contribution in [3.63, 3.8) is 0 Å². The molecule has 9 heteroatoms. The van der Waals surface area contributed by atoms with Crippen molar-refractivity contribution < 1.29 is 13.5 Å². The molecule has 0 radical (unpaired) electrons. The molecule has 1 aliphatic heterocycles. The van der Waals surface area contributed by atoms with Crippen molar-refractivity contribution >= 4 is 11.5 Å². The normalized spacial score (nSPS) is 19.6. The molecule has 2 aromatic heterocycles. The summed E-state index contributed by atoms with van der Waals surface area (Å²) in [4.78, 5) is 8.35. The smallest absolute Gasteiger partial charge is 0.181 e. The van der Waals surface area contributed by atoms with Crippen LogP contribution in [-0.2, 0) is 4.74 Å². The molecule has 2 unspecified atom stereocenters. The topological polar surface area (TPSA) is 90.9 Å². The van der Waals surface area contributed by atoms with Gasteiger partial charge in [-0.05, 0) is 30.2 Å². The third-order valence-electron chi connectivity index (χ3n) is 4.27. The average Bonchev–Trinajstić information content (AvgIpc) is 3.31. The number of nitrogen functional groups attached to an aromatic ring is 1. The van der Waals surface area contributed by atoms with Gasteiger partial charge in [0.15, 0.2) is 23.3 Å². The van der Waals surface area contributed by atoms with E-state index in [1.807, 2.05) is 0 Å². The zero-order valence-electron chi connectivity index (χ0n) is 13.6. The molecule has 3 aromatic rings. The molecule has 0 spiro atoms. The van der Waals surface area contributed by atoms with Crippen LogP contribution >= 0.6 is 0 Å². The highest BCUT2D eigenvalue weighted by Crippen LogP contribution is 2.33. The van der Waals surface area contributed by atoms with Gasteiger partial charge in [0, 0.05) is 19.0 Å². The summed E-state index contributed by atoms with van der Waals surface area (Å²) in [6.45, 7) is 0.484. The molecule has 1 saturated heterocycles. The maximum atomic E-state index is 13.6. The van der Waals surface area contributed by atoms with Gasteiger partial charge in [-0.15, -0.1) is 0 Å². The van der Waals surface area contributed by atoms with Crippen molar-refractivity contribution in [2.75, 3.05) is 17.7 Å². The second kappa shape index (κ2) is 6.68. The molecule has 2 atom stereocenters. The lowest BCUT2D eigenvalue weighted by molar-refractivity contribution is 0.107. The SMILES string of the molecule is Nc1c(NC2CCOC2c2ccc(F)c(F)c2)ncnc1-n1cccn1. The Morgan fingerprint density at radius 1 is 1.23 bits per heavy atom. The highest BCUT2D eigenvalue weighted by molar-refractivity contribution is 5.69. The van der Waals surface area contributed by atoms with Crippen LogP contribution in [0, 0.1) is 11.6 Å². The van der Waals surface area contributed by atoms with Crippen molar-refractivity contribution in [2.45, 2.75) is 18.6 Å². The van der Waals surface area contributed by atoms with Gasteiger partial charge in [0.1, 0.15) is 18.1 Å². The van der Waals surface area contributed by atoms with Gasteiger partial charge in [-0.2, -0.15) is 5.10 Å². The third kappa shape index (κ3) is 2.97. The van der Waals surface area contributed by atoms with Crippen LogP contribution in [0.5, 0.6) is 0 Å². The fourth-order valence-electron chi connectivity index (χ4n) is 3.01. The summed E-state index contributed by atoms with van der Waals surface area (Å²) in [6.07, 6.45) is 4.97. The Bertz CT molecular complexity index is 918. The molecule has 1 aliphatic rings. The number of hydrogen-bond donors (Lipinski definition) is 2. The van der Waals surface area contributed by atoms with Crippen molar-refractivity contribution in [1.82, 2.24) is 19.7 Å². The van der Waals surface area contributed by atoms with E-state index in [0.29, 0.717) is 35.9 Å². The zero-order valence-corrected chi connectivity index (χ0v) is 13.6. The second-order valence-corrected chi connectivity index (χ2v) is 5.91. The summed E-state index contributed by atoms with van der Waals surface area (Å²) in [5.74, 6) is -0.899. The molecule has 3 heterocycles. The minimum atomic E-state index is -0.903. The number of nitrogens with two attached hydrogens (primary N) is 1. The lowest BCUT2D eigenvalue weighted by Crippen LogP contribution is -2.25. The fraction of sp³-hybridized carbons (Fsp3) is 0.235. The quantitative estimate of drug-likeness (QED) is 0.745. The number of rotatable bonds is 4. The van der Waals surface area contributed by atoms with Crippen LogP contribution in [0.3, 0.4) is 0 Å². The molecule has 7 nitrogen and oxygen atoms in total. The first-order valence-corrected chi connectivity index (χ1v) is 8.07. The Morgan fingerprint density at radius 2 is 2.12 bits per heavy atom. The van der Waals surface area contributed by atoms with E-state index in [1.165, 1.54) is 12.4 Å². The summed E-state index contributed by atoms with van der Waals surface area (Å²) in [5.41, 5.74) is 7.08. The molecule has 26 heavy (non-hydrogen) atoms. The van der Waals surface area contributed by atoms with Gasteiger partial charge < -0.3 is 15.8 Å². The lowest BCUT2D eigenvalue weighted by Gasteiger charge is -2.22. The first-order valence-electron chi connectivity index (χ1n) is 8.07. The molecule has 0 amide bonds.